The first-order chi connectivity index (χ1) is 14.4. The van der Waals surface area contributed by atoms with Gasteiger partial charge in [0.2, 0.25) is 5.95 Å². The lowest BCUT2D eigenvalue weighted by Gasteiger charge is -2.17. The van der Waals surface area contributed by atoms with Crippen LogP contribution in [-0.4, -0.2) is 31.5 Å². The van der Waals surface area contributed by atoms with E-state index in [0.29, 0.717) is 16.5 Å². The summed E-state index contributed by atoms with van der Waals surface area (Å²) < 4.78 is 27.6. The molecule has 0 spiro atoms. The summed E-state index contributed by atoms with van der Waals surface area (Å²) in [6.45, 7) is 3.90. The van der Waals surface area contributed by atoms with Gasteiger partial charge < -0.3 is 10.2 Å². The Hall–Kier alpha value is -2.84. The van der Waals surface area contributed by atoms with E-state index in [1.54, 1.807) is 36.4 Å². The van der Waals surface area contributed by atoms with Crippen molar-refractivity contribution in [3.8, 4) is 0 Å². The van der Waals surface area contributed by atoms with Gasteiger partial charge in [0, 0.05) is 41.2 Å². The lowest BCUT2D eigenvalue weighted by atomic mass is 10.3. The topological polar surface area (TPSA) is 87.2 Å². The van der Waals surface area contributed by atoms with Crippen LogP contribution in [0, 0.1) is 6.92 Å². The van der Waals surface area contributed by atoms with Gasteiger partial charge in [-0.25, -0.2) is 13.4 Å². The third kappa shape index (κ3) is 4.83. The number of benzene rings is 2. The number of aromatic nitrogens is 2. The Morgan fingerprint density at radius 2 is 1.67 bits per heavy atom. The minimum Gasteiger partial charge on any atom is -0.341 e. The molecule has 30 heavy (non-hydrogen) atoms. The molecule has 2 N–H and O–H groups in total. The van der Waals surface area contributed by atoms with Crippen molar-refractivity contribution < 1.29 is 8.42 Å². The molecule has 0 bridgehead atoms. The van der Waals surface area contributed by atoms with Gasteiger partial charge in [0.1, 0.15) is 5.82 Å². The molecule has 0 amide bonds. The molecule has 4 rings (SSSR count). The van der Waals surface area contributed by atoms with Crippen molar-refractivity contribution in [3.63, 3.8) is 0 Å². The summed E-state index contributed by atoms with van der Waals surface area (Å²) in [6, 6.07) is 15.0. The third-order valence-electron chi connectivity index (χ3n) is 4.75. The zero-order valence-corrected chi connectivity index (χ0v) is 18.0. The van der Waals surface area contributed by atoms with Gasteiger partial charge in [0.05, 0.1) is 4.90 Å². The number of nitrogens with zero attached hydrogens (tertiary/aromatic N) is 3. The van der Waals surface area contributed by atoms with Crippen LogP contribution in [0.25, 0.3) is 0 Å². The molecule has 1 aliphatic heterocycles. The van der Waals surface area contributed by atoms with E-state index in [0.717, 1.165) is 43.3 Å². The number of aryl methyl sites for hydroxylation is 1. The Labute approximate surface area is 181 Å². The van der Waals surface area contributed by atoms with Crippen molar-refractivity contribution in [2.24, 2.45) is 0 Å². The minimum absolute atomic E-state index is 0.114. The number of sulfonamides is 1. The monoisotopic (exact) mass is 443 g/mol. The van der Waals surface area contributed by atoms with Gasteiger partial charge in [-0.05, 0) is 62.2 Å². The molecule has 2 heterocycles. The highest BCUT2D eigenvalue weighted by Gasteiger charge is 2.16. The molecule has 0 atom stereocenters. The zero-order chi connectivity index (χ0) is 21.1. The number of hydrogen-bond acceptors (Lipinski definition) is 6. The maximum Gasteiger partial charge on any atom is 0.261 e. The predicted octanol–water partition coefficient (Wildman–Crippen LogP) is 4.58. The number of hydrogen-bond donors (Lipinski definition) is 2. The Bertz CT molecular complexity index is 1150. The van der Waals surface area contributed by atoms with Crippen LogP contribution in [0.4, 0.5) is 23.1 Å². The Kier molecular flexibility index (Phi) is 5.78. The molecule has 2 aromatic carbocycles. The molecule has 1 fully saturated rings. The summed E-state index contributed by atoms with van der Waals surface area (Å²) in [6.07, 6.45) is 2.32. The molecule has 7 nitrogen and oxygen atoms in total. The van der Waals surface area contributed by atoms with Gasteiger partial charge in [-0.15, -0.1) is 0 Å². The first kappa shape index (κ1) is 20.4. The fourth-order valence-electron chi connectivity index (χ4n) is 3.29. The summed E-state index contributed by atoms with van der Waals surface area (Å²) in [4.78, 5) is 11.5. The van der Waals surface area contributed by atoms with E-state index < -0.39 is 10.0 Å². The predicted molar refractivity (Wildman–Crippen MR) is 120 cm³/mol. The van der Waals surface area contributed by atoms with Crippen LogP contribution in [0.1, 0.15) is 18.5 Å². The Balaban J connectivity index is 1.48. The van der Waals surface area contributed by atoms with E-state index in [2.05, 4.69) is 24.9 Å². The second-order valence-corrected chi connectivity index (χ2v) is 9.27. The molecule has 3 aromatic rings. The van der Waals surface area contributed by atoms with Crippen LogP contribution in [0.15, 0.2) is 59.5 Å². The maximum absolute atomic E-state index is 12.5. The van der Waals surface area contributed by atoms with Gasteiger partial charge in [0.15, 0.2) is 0 Å². The summed E-state index contributed by atoms with van der Waals surface area (Å²) >= 11 is 5.90. The Morgan fingerprint density at radius 1 is 0.967 bits per heavy atom. The van der Waals surface area contributed by atoms with Crippen molar-refractivity contribution in [1.82, 2.24) is 9.97 Å². The van der Waals surface area contributed by atoms with Crippen LogP contribution in [0.3, 0.4) is 0 Å². The Morgan fingerprint density at radius 3 is 2.37 bits per heavy atom. The van der Waals surface area contributed by atoms with Crippen LogP contribution < -0.4 is 14.9 Å². The number of halogens is 1. The molecule has 1 aromatic heterocycles. The molecule has 9 heteroatoms. The number of nitrogens with one attached hydrogen (secondary N) is 2. The summed E-state index contributed by atoms with van der Waals surface area (Å²) in [7, 11) is -3.71. The van der Waals surface area contributed by atoms with Crippen LogP contribution in [0.2, 0.25) is 5.02 Å². The highest BCUT2D eigenvalue weighted by atomic mass is 35.5. The lowest BCUT2D eigenvalue weighted by molar-refractivity contribution is 0.601. The molecule has 0 saturated carbocycles. The second-order valence-electron chi connectivity index (χ2n) is 7.15. The van der Waals surface area contributed by atoms with E-state index in [1.807, 2.05) is 13.0 Å². The van der Waals surface area contributed by atoms with E-state index in [1.165, 1.54) is 12.1 Å². The fraction of sp³-hybridized carbons (Fsp3) is 0.238. The van der Waals surface area contributed by atoms with Crippen molar-refractivity contribution in [1.29, 1.82) is 0 Å². The number of anilines is 4. The average Bonchev–Trinajstić information content (AvgIpc) is 3.24. The maximum atomic E-state index is 12.5. The highest BCUT2D eigenvalue weighted by molar-refractivity contribution is 7.92. The molecule has 1 saturated heterocycles. The molecular weight excluding hydrogens is 422 g/mol. The fourth-order valence-corrected chi connectivity index (χ4v) is 4.65. The van der Waals surface area contributed by atoms with Gasteiger partial charge in [0.25, 0.3) is 10.0 Å². The standard InChI is InChI=1S/C21H22ClN5O2S/c1-15-13-20(25-21(23-15)27-11-2-3-12-27)24-17-7-9-18(10-8-17)26-30(28,29)19-6-4-5-16(22)14-19/h4-10,13-14,26H,2-3,11-12H2,1H3,(H,23,24,25). The van der Waals surface area contributed by atoms with E-state index in [9.17, 15) is 8.42 Å². The molecular formula is C21H22ClN5O2S. The summed E-state index contributed by atoms with van der Waals surface area (Å²) in [5.74, 6) is 1.44. The SMILES string of the molecule is Cc1cc(Nc2ccc(NS(=O)(=O)c3cccc(Cl)c3)cc2)nc(N2CCCC2)n1. The minimum atomic E-state index is -3.71. The lowest BCUT2D eigenvalue weighted by Crippen LogP contribution is -2.21. The smallest absolute Gasteiger partial charge is 0.261 e. The average molecular weight is 444 g/mol. The van der Waals surface area contributed by atoms with Gasteiger partial charge >= 0.3 is 0 Å². The van der Waals surface area contributed by atoms with Crippen molar-refractivity contribution >= 4 is 44.8 Å². The molecule has 0 aliphatic carbocycles. The largest absolute Gasteiger partial charge is 0.341 e. The van der Waals surface area contributed by atoms with Gasteiger partial charge in [-0.2, -0.15) is 4.98 Å². The van der Waals surface area contributed by atoms with E-state index in [-0.39, 0.29) is 4.90 Å². The molecule has 0 radical (unpaired) electrons. The van der Waals surface area contributed by atoms with Crippen LogP contribution in [-0.2, 0) is 10.0 Å². The molecule has 1 aliphatic rings. The third-order valence-corrected chi connectivity index (χ3v) is 6.36. The molecule has 0 unspecified atom stereocenters. The second kappa shape index (κ2) is 8.49. The van der Waals surface area contributed by atoms with Crippen molar-refractivity contribution in [2.45, 2.75) is 24.7 Å². The normalized spacial score (nSPS) is 14.0. The highest BCUT2D eigenvalue weighted by Crippen LogP contribution is 2.24. The zero-order valence-electron chi connectivity index (χ0n) is 16.5. The van der Waals surface area contributed by atoms with E-state index >= 15 is 0 Å². The first-order valence-corrected chi connectivity index (χ1v) is 11.5. The quantitative estimate of drug-likeness (QED) is 0.579. The van der Waals surface area contributed by atoms with E-state index in [4.69, 9.17) is 11.6 Å². The van der Waals surface area contributed by atoms with Crippen molar-refractivity contribution in [2.75, 3.05) is 28.0 Å². The summed E-state index contributed by atoms with van der Waals surface area (Å²) in [5, 5.41) is 3.63. The first-order valence-electron chi connectivity index (χ1n) is 9.65. The summed E-state index contributed by atoms with van der Waals surface area (Å²) in [5.41, 5.74) is 2.14. The van der Waals surface area contributed by atoms with Crippen LogP contribution in [0.5, 0.6) is 0 Å². The van der Waals surface area contributed by atoms with Gasteiger partial charge in [-0.1, -0.05) is 17.7 Å². The number of rotatable bonds is 6. The van der Waals surface area contributed by atoms with Crippen LogP contribution >= 0.6 is 11.6 Å². The molecule has 156 valence electrons. The van der Waals surface area contributed by atoms with Gasteiger partial charge in [-0.3, -0.25) is 4.72 Å². The van der Waals surface area contributed by atoms with Crippen molar-refractivity contribution in [3.05, 3.63) is 65.3 Å².